The fraction of sp³-hybridized carbons (Fsp3) is 0.632. The molecule has 21 heavy (non-hydrogen) atoms. The topological polar surface area (TPSA) is 26.3 Å². The molecule has 0 heterocycles. The molecule has 112 valence electrons. The monoisotopic (exact) mass is 284 g/mol. The Kier molecular flexibility index (Phi) is 2.92. The van der Waals surface area contributed by atoms with E-state index in [1.165, 1.54) is 19.3 Å². The van der Waals surface area contributed by atoms with E-state index in [4.69, 9.17) is 4.74 Å². The summed E-state index contributed by atoms with van der Waals surface area (Å²) in [5.41, 5.74) is 1.96. The Morgan fingerprint density at radius 2 is 1.67 bits per heavy atom. The second-order valence-corrected chi connectivity index (χ2v) is 7.71. The molecule has 0 atom stereocenters. The SMILES string of the molecule is COc1ccc(C(=O)C23CC4CC(CC(C4)C2)C3)c(C)c1. The average Bonchev–Trinajstić information content (AvgIpc) is 2.45. The summed E-state index contributed by atoms with van der Waals surface area (Å²) in [6.45, 7) is 2.04. The van der Waals surface area contributed by atoms with Gasteiger partial charge in [-0.15, -0.1) is 0 Å². The van der Waals surface area contributed by atoms with Crippen LogP contribution < -0.4 is 4.74 Å². The predicted molar refractivity (Wildman–Crippen MR) is 82.7 cm³/mol. The third-order valence-electron chi connectivity index (χ3n) is 6.20. The first-order valence-corrected chi connectivity index (χ1v) is 8.29. The standard InChI is InChI=1S/C19H24O2/c1-12-5-16(21-2)3-4-17(12)18(20)19-9-13-6-14(10-19)8-15(7-13)11-19/h3-5,13-15H,6-11H2,1-2H3. The highest BCUT2D eigenvalue weighted by molar-refractivity contribution is 6.02. The van der Waals surface area contributed by atoms with Crippen LogP contribution in [0.4, 0.5) is 0 Å². The number of methoxy groups -OCH3 is 1. The number of Topliss-reactive ketones (excluding diaryl/α,β-unsaturated/α-hetero) is 1. The zero-order chi connectivity index (χ0) is 14.6. The third-order valence-corrected chi connectivity index (χ3v) is 6.20. The summed E-state index contributed by atoms with van der Waals surface area (Å²) >= 11 is 0. The molecule has 1 aromatic carbocycles. The molecule has 5 rings (SSSR count). The molecule has 0 spiro atoms. The van der Waals surface area contributed by atoms with Crippen LogP contribution in [-0.2, 0) is 0 Å². The molecule has 4 aliphatic rings. The van der Waals surface area contributed by atoms with Gasteiger partial charge in [-0.25, -0.2) is 0 Å². The van der Waals surface area contributed by atoms with E-state index in [1.807, 2.05) is 25.1 Å². The van der Waals surface area contributed by atoms with Crippen molar-refractivity contribution in [2.75, 3.05) is 7.11 Å². The van der Waals surface area contributed by atoms with Gasteiger partial charge in [-0.3, -0.25) is 4.79 Å². The molecule has 0 unspecified atom stereocenters. The highest BCUT2D eigenvalue weighted by Crippen LogP contribution is 2.61. The van der Waals surface area contributed by atoms with Crippen molar-refractivity contribution in [1.29, 1.82) is 0 Å². The lowest BCUT2D eigenvalue weighted by atomic mass is 9.48. The van der Waals surface area contributed by atoms with Gasteiger partial charge in [0, 0.05) is 11.0 Å². The first-order valence-electron chi connectivity index (χ1n) is 8.29. The lowest BCUT2D eigenvalue weighted by Crippen LogP contribution is -2.50. The number of benzene rings is 1. The van der Waals surface area contributed by atoms with E-state index in [0.29, 0.717) is 5.78 Å². The Morgan fingerprint density at radius 1 is 1.10 bits per heavy atom. The van der Waals surface area contributed by atoms with Gasteiger partial charge in [-0.2, -0.15) is 0 Å². The molecule has 0 saturated heterocycles. The minimum Gasteiger partial charge on any atom is -0.497 e. The van der Waals surface area contributed by atoms with E-state index in [9.17, 15) is 4.79 Å². The summed E-state index contributed by atoms with van der Waals surface area (Å²) in [7, 11) is 1.68. The average molecular weight is 284 g/mol. The third kappa shape index (κ3) is 2.03. The van der Waals surface area contributed by atoms with Crippen molar-refractivity contribution < 1.29 is 9.53 Å². The lowest BCUT2D eigenvalue weighted by molar-refractivity contribution is -0.0353. The lowest BCUT2D eigenvalue weighted by Gasteiger charge is -2.56. The molecule has 0 amide bonds. The molecule has 0 aromatic heterocycles. The smallest absolute Gasteiger partial charge is 0.169 e. The summed E-state index contributed by atoms with van der Waals surface area (Å²) in [6, 6.07) is 5.91. The Balaban J connectivity index is 1.68. The zero-order valence-electron chi connectivity index (χ0n) is 13.0. The Hall–Kier alpha value is -1.31. The van der Waals surface area contributed by atoms with Crippen molar-refractivity contribution in [3.63, 3.8) is 0 Å². The molecule has 4 fully saturated rings. The fourth-order valence-electron chi connectivity index (χ4n) is 5.69. The van der Waals surface area contributed by atoms with Crippen molar-refractivity contribution in [2.45, 2.75) is 45.4 Å². The van der Waals surface area contributed by atoms with Crippen LogP contribution in [0, 0.1) is 30.1 Å². The fourth-order valence-corrected chi connectivity index (χ4v) is 5.69. The molecular weight excluding hydrogens is 260 g/mol. The molecule has 0 radical (unpaired) electrons. The van der Waals surface area contributed by atoms with Crippen molar-refractivity contribution in [2.24, 2.45) is 23.2 Å². The Labute approximate surface area is 126 Å². The number of hydrogen-bond acceptors (Lipinski definition) is 2. The Morgan fingerprint density at radius 3 is 2.14 bits per heavy atom. The van der Waals surface area contributed by atoms with Gasteiger partial charge >= 0.3 is 0 Å². The van der Waals surface area contributed by atoms with Gasteiger partial charge in [-0.05, 0) is 87.0 Å². The van der Waals surface area contributed by atoms with Gasteiger partial charge in [0.1, 0.15) is 5.75 Å². The van der Waals surface area contributed by atoms with Crippen molar-refractivity contribution >= 4 is 5.78 Å². The number of hydrogen-bond donors (Lipinski definition) is 0. The first-order chi connectivity index (χ1) is 10.1. The number of ether oxygens (including phenoxy) is 1. The number of ketones is 1. The van der Waals surface area contributed by atoms with Crippen LogP contribution in [0.15, 0.2) is 18.2 Å². The van der Waals surface area contributed by atoms with Crippen molar-refractivity contribution in [1.82, 2.24) is 0 Å². The summed E-state index contributed by atoms with van der Waals surface area (Å²) in [4.78, 5) is 13.3. The summed E-state index contributed by atoms with van der Waals surface area (Å²) in [6.07, 6.45) is 7.58. The normalized spacial score (nSPS) is 36.8. The van der Waals surface area contributed by atoms with Crippen LogP contribution in [0.1, 0.15) is 54.4 Å². The van der Waals surface area contributed by atoms with E-state index < -0.39 is 0 Å². The molecule has 1 aromatic rings. The van der Waals surface area contributed by atoms with Gasteiger partial charge < -0.3 is 4.74 Å². The Bertz CT molecular complexity index is 552. The second kappa shape index (κ2) is 4.59. The van der Waals surface area contributed by atoms with Crippen molar-refractivity contribution in [3.05, 3.63) is 29.3 Å². The molecule has 0 N–H and O–H groups in total. The maximum atomic E-state index is 13.3. The zero-order valence-corrected chi connectivity index (χ0v) is 13.0. The van der Waals surface area contributed by atoms with Crippen molar-refractivity contribution in [3.8, 4) is 5.75 Å². The van der Waals surface area contributed by atoms with Gasteiger partial charge in [0.2, 0.25) is 0 Å². The van der Waals surface area contributed by atoms with Crippen LogP contribution in [0.5, 0.6) is 5.75 Å². The molecule has 4 aliphatic carbocycles. The molecule has 2 heteroatoms. The summed E-state index contributed by atoms with van der Waals surface area (Å²) in [5.74, 6) is 3.72. The highest BCUT2D eigenvalue weighted by Gasteiger charge is 2.54. The van der Waals surface area contributed by atoms with Gasteiger partial charge in [0.15, 0.2) is 5.78 Å². The maximum Gasteiger partial charge on any atom is 0.169 e. The number of carbonyl (C=O) groups is 1. The molecule has 0 aliphatic heterocycles. The van der Waals surface area contributed by atoms with Crippen LogP contribution in [0.2, 0.25) is 0 Å². The van der Waals surface area contributed by atoms with Crippen LogP contribution in [0.25, 0.3) is 0 Å². The van der Waals surface area contributed by atoms with E-state index >= 15 is 0 Å². The predicted octanol–water partition coefficient (Wildman–Crippen LogP) is 4.40. The molecule has 2 nitrogen and oxygen atoms in total. The van der Waals surface area contributed by atoms with Gasteiger partial charge in [-0.1, -0.05) is 0 Å². The van der Waals surface area contributed by atoms with Gasteiger partial charge in [0.05, 0.1) is 7.11 Å². The minimum atomic E-state index is -0.0336. The molecular formula is C19H24O2. The van der Waals surface area contributed by atoms with Crippen LogP contribution >= 0.6 is 0 Å². The van der Waals surface area contributed by atoms with E-state index in [2.05, 4.69) is 0 Å². The van der Waals surface area contributed by atoms with Crippen LogP contribution in [-0.4, -0.2) is 12.9 Å². The summed E-state index contributed by atoms with van der Waals surface area (Å²) < 4.78 is 5.27. The van der Waals surface area contributed by atoms with Crippen LogP contribution in [0.3, 0.4) is 0 Å². The maximum absolute atomic E-state index is 13.3. The minimum absolute atomic E-state index is 0.0336. The second-order valence-electron chi connectivity index (χ2n) is 7.71. The van der Waals surface area contributed by atoms with E-state index in [-0.39, 0.29) is 5.41 Å². The van der Waals surface area contributed by atoms with E-state index in [0.717, 1.165) is 53.9 Å². The first kappa shape index (κ1) is 13.4. The number of aryl methyl sites for hydroxylation is 1. The quantitative estimate of drug-likeness (QED) is 0.769. The summed E-state index contributed by atoms with van der Waals surface area (Å²) in [5, 5.41) is 0. The molecule has 4 saturated carbocycles. The van der Waals surface area contributed by atoms with E-state index in [1.54, 1.807) is 7.11 Å². The largest absolute Gasteiger partial charge is 0.497 e. The highest BCUT2D eigenvalue weighted by atomic mass is 16.5. The van der Waals surface area contributed by atoms with Gasteiger partial charge in [0.25, 0.3) is 0 Å². The molecule has 4 bridgehead atoms. The number of rotatable bonds is 3. The number of carbonyl (C=O) groups excluding carboxylic acids is 1.